The quantitative estimate of drug-likeness (QED) is 0.760. The maximum Gasteiger partial charge on any atom is 0.326 e. The van der Waals surface area contributed by atoms with Gasteiger partial charge in [-0.25, -0.2) is 4.79 Å². The number of esters is 1. The van der Waals surface area contributed by atoms with Gasteiger partial charge in [-0.1, -0.05) is 0 Å². The second-order valence-electron chi connectivity index (χ2n) is 3.97. The summed E-state index contributed by atoms with van der Waals surface area (Å²) in [4.78, 5) is 33.9. The molecule has 0 bridgehead atoms. The molecule has 0 unspecified atom stereocenters. The van der Waals surface area contributed by atoms with E-state index < -0.39 is 30.3 Å². The summed E-state index contributed by atoms with van der Waals surface area (Å²) in [6.45, 7) is 3.27. The molecule has 1 rings (SSSR count). The van der Waals surface area contributed by atoms with Crippen molar-refractivity contribution < 1.29 is 28.6 Å². The van der Waals surface area contributed by atoms with Crippen LogP contribution in [0, 0.1) is 13.8 Å². The molecule has 0 aliphatic rings. The highest BCUT2D eigenvalue weighted by Crippen LogP contribution is 2.13. The van der Waals surface area contributed by atoms with Crippen molar-refractivity contribution in [3.05, 3.63) is 23.2 Å². The Kier molecular flexibility index (Phi) is 4.68. The Labute approximate surface area is 109 Å². The number of nitrogens with one attached hydrogen (secondary N) is 1. The molecule has 0 saturated heterocycles. The average molecular weight is 269 g/mol. The molecule has 7 nitrogen and oxygen atoms in total. The van der Waals surface area contributed by atoms with Gasteiger partial charge in [0.15, 0.2) is 0 Å². The maximum absolute atomic E-state index is 11.9. The summed E-state index contributed by atoms with van der Waals surface area (Å²) in [6.07, 6.45) is -0.437. The van der Waals surface area contributed by atoms with E-state index in [9.17, 15) is 14.4 Å². The first-order valence-electron chi connectivity index (χ1n) is 5.52. The van der Waals surface area contributed by atoms with Crippen molar-refractivity contribution >= 4 is 17.8 Å². The largest absolute Gasteiger partial charge is 0.480 e. The fourth-order valence-electron chi connectivity index (χ4n) is 1.54. The van der Waals surface area contributed by atoms with Gasteiger partial charge in [-0.05, 0) is 19.9 Å². The van der Waals surface area contributed by atoms with Crippen molar-refractivity contribution in [2.45, 2.75) is 26.3 Å². The Morgan fingerprint density at radius 2 is 2.05 bits per heavy atom. The molecule has 0 aliphatic carbocycles. The van der Waals surface area contributed by atoms with Gasteiger partial charge in [-0.2, -0.15) is 0 Å². The molecular formula is C12H15NO6. The monoisotopic (exact) mass is 269 g/mol. The number of methoxy groups -OCH3 is 1. The molecule has 0 aromatic carbocycles. The summed E-state index contributed by atoms with van der Waals surface area (Å²) in [5, 5.41) is 11.2. The predicted molar refractivity (Wildman–Crippen MR) is 63.7 cm³/mol. The number of aryl methyl sites for hydroxylation is 2. The lowest BCUT2D eigenvalue weighted by molar-refractivity contribution is -0.147. The fourth-order valence-corrected chi connectivity index (χ4v) is 1.54. The van der Waals surface area contributed by atoms with Crippen LogP contribution in [-0.4, -0.2) is 36.1 Å². The number of furan rings is 1. The first-order valence-corrected chi connectivity index (χ1v) is 5.52. The van der Waals surface area contributed by atoms with Crippen LogP contribution in [0.1, 0.15) is 28.3 Å². The molecule has 104 valence electrons. The smallest absolute Gasteiger partial charge is 0.326 e. The third-order valence-corrected chi connectivity index (χ3v) is 2.49. The number of carbonyl (C=O) groups is 3. The number of carbonyl (C=O) groups excluding carboxylic acids is 2. The van der Waals surface area contributed by atoms with E-state index in [1.165, 1.54) is 6.07 Å². The number of amides is 1. The Hall–Kier alpha value is -2.31. The lowest BCUT2D eigenvalue weighted by Gasteiger charge is -2.12. The van der Waals surface area contributed by atoms with E-state index in [1.54, 1.807) is 13.8 Å². The summed E-state index contributed by atoms with van der Waals surface area (Å²) < 4.78 is 9.55. The Balaban J connectivity index is 2.79. The molecule has 0 fully saturated rings. The summed E-state index contributed by atoms with van der Waals surface area (Å²) >= 11 is 0. The molecule has 0 spiro atoms. The Morgan fingerprint density at radius 1 is 1.42 bits per heavy atom. The van der Waals surface area contributed by atoms with E-state index in [4.69, 9.17) is 9.52 Å². The van der Waals surface area contributed by atoms with Gasteiger partial charge in [0.25, 0.3) is 5.91 Å². The van der Waals surface area contributed by atoms with Crippen LogP contribution in [0.5, 0.6) is 0 Å². The van der Waals surface area contributed by atoms with E-state index in [0.717, 1.165) is 7.11 Å². The highest BCUT2D eigenvalue weighted by atomic mass is 16.5. The lowest BCUT2D eigenvalue weighted by Crippen LogP contribution is -2.42. The number of carboxylic acid groups (broad SMARTS) is 1. The molecule has 1 aromatic heterocycles. The van der Waals surface area contributed by atoms with E-state index in [1.807, 2.05) is 0 Å². The standard InChI is InChI=1S/C12H15NO6/c1-6-4-8(7(2)19-6)11(15)13-9(12(16)17)5-10(14)18-3/h4,9H,5H2,1-3H3,(H,13,15)(H,16,17)/t9-/m0/s1. The highest BCUT2D eigenvalue weighted by molar-refractivity contribution is 5.98. The van der Waals surface area contributed by atoms with E-state index in [2.05, 4.69) is 10.1 Å². The SMILES string of the molecule is COC(=O)C[C@H](NC(=O)c1cc(C)oc1C)C(=O)O. The van der Waals surface area contributed by atoms with Crippen LogP contribution in [0.25, 0.3) is 0 Å². The van der Waals surface area contributed by atoms with Gasteiger partial charge in [0.1, 0.15) is 17.6 Å². The molecule has 7 heteroatoms. The number of aliphatic carboxylic acids is 1. The molecule has 2 N–H and O–H groups in total. The number of carboxylic acids is 1. The highest BCUT2D eigenvalue weighted by Gasteiger charge is 2.25. The molecule has 0 radical (unpaired) electrons. The molecule has 1 atom stereocenters. The van der Waals surface area contributed by atoms with Gasteiger partial charge < -0.3 is 19.6 Å². The third-order valence-electron chi connectivity index (χ3n) is 2.49. The van der Waals surface area contributed by atoms with E-state index in [0.29, 0.717) is 11.5 Å². The normalized spacial score (nSPS) is 11.7. The van der Waals surface area contributed by atoms with Crippen LogP contribution in [-0.2, 0) is 14.3 Å². The van der Waals surface area contributed by atoms with Crippen molar-refractivity contribution in [2.75, 3.05) is 7.11 Å². The van der Waals surface area contributed by atoms with Crippen molar-refractivity contribution in [3.8, 4) is 0 Å². The van der Waals surface area contributed by atoms with Gasteiger partial charge in [-0.15, -0.1) is 0 Å². The van der Waals surface area contributed by atoms with Crippen molar-refractivity contribution in [2.24, 2.45) is 0 Å². The minimum absolute atomic E-state index is 0.244. The minimum atomic E-state index is -1.34. The lowest BCUT2D eigenvalue weighted by atomic mass is 10.1. The number of ether oxygens (including phenoxy) is 1. The summed E-state index contributed by atoms with van der Waals surface area (Å²) in [5.41, 5.74) is 0.244. The number of hydrogen-bond donors (Lipinski definition) is 2. The van der Waals surface area contributed by atoms with Crippen LogP contribution in [0.2, 0.25) is 0 Å². The average Bonchev–Trinajstić information content (AvgIpc) is 2.67. The summed E-state index contributed by atoms with van der Waals surface area (Å²) in [7, 11) is 1.15. The zero-order valence-corrected chi connectivity index (χ0v) is 10.9. The van der Waals surface area contributed by atoms with Gasteiger partial charge in [0.2, 0.25) is 0 Å². The molecular weight excluding hydrogens is 254 g/mol. The molecule has 0 aliphatic heterocycles. The topological polar surface area (TPSA) is 106 Å². The van der Waals surface area contributed by atoms with Gasteiger partial charge in [-0.3, -0.25) is 9.59 Å². The predicted octanol–water partition coefficient (Wildman–Crippen LogP) is 0.643. The first-order chi connectivity index (χ1) is 8.85. The fraction of sp³-hybridized carbons (Fsp3) is 0.417. The Bertz CT molecular complexity index is 504. The summed E-state index contributed by atoms with van der Waals surface area (Å²) in [5.74, 6) is -1.70. The van der Waals surface area contributed by atoms with Crippen molar-refractivity contribution in [3.63, 3.8) is 0 Å². The number of hydrogen-bond acceptors (Lipinski definition) is 5. The number of rotatable bonds is 5. The molecule has 1 heterocycles. The molecule has 1 amide bonds. The molecule has 19 heavy (non-hydrogen) atoms. The minimum Gasteiger partial charge on any atom is -0.480 e. The zero-order chi connectivity index (χ0) is 14.6. The molecule has 0 saturated carbocycles. The van der Waals surface area contributed by atoms with Crippen LogP contribution in [0.3, 0.4) is 0 Å². The van der Waals surface area contributed by atoms with Crippen molar-refractivity contribution in [1.82, 2.24) is 5.32 Å². The maximum atomic E-state index is 11.9. The van der Waals surface area contributed by atoms with Gasteiger partial charge in [0, 0.05) is 0 Å². The first kappa shape index (κ1) is 14.7. The summed E-state index contributed by atoms with van der Waals surface area (Å²) in [6, 6.07) is 0.163. The second kappa shape index (κ2) is 6.03. The van der Waals surface area contributed by atoms with E-state index >= 15 is 0 Å². The van der Waals surface area contributed by atoms with Crippen LogP contribution >= 0.6 is 0 Å². The van der Waals surface area contributed by atoms with Crippen molar-refractivity contribution in [1.29, 1.82) is 0 Å². The zero-order valence-electron chi connectivity index (χ0n) is 10.9. The second-order valence-corrected chi connectivity index (χ2v) is 3.97. The van der Waals surface area contributed by atoms with E-state index in [-0.39, 0.29) is 5.56 Å². The van der Waals surface area contributed by atoms with Crippen LogP contribution < -0.4 is 5.32 Å². The van der Waals surface area contributed by atoms with Crippen LogP contribution in [0.4, 0.5) is 0 Å². The van der Waals surface area contributed by atoms with Gasteiger partial charge >= 0.3 is 11.9 Å². The third kappa shape index (κ3) is 3.84. The van der Waals surface area contributed by atoms with Gasteiger partial charge in [0.05, 0.1) is 19.1 Å². The van der Waals surface area contributed by atoms with Crippen LogP contribution in [0.15, 0.2) is 10.5 Å². The molecule has 1 aromatic rings. The Morgan fingerprint density at radius 3 is 2.47 bits per heavy atom.